The number of hydrogen-bond acceptors (Lipinski definition) is 5. The average Bonchev–Trinajstić information content (AvgIpc) is 2.75. The number of thiazole rings is 1. The van der Waals surface area contributed by atoms with Gasteiger partial charge in [-0.25, -0.2) is 0 Å². The molecule has 68 valence electrons. The van der Waals surface area contributed by atoms with E-state index in [0.29, 0.717) is 11.7 Å². The largest absolute Gasteiger partial charge is 0.337 e. The van der Waals surface area contributed by atoms with Crippen molar-refractivity contribution in [3.05, 3.63) is 17.6 Å². The third-order valence-corrected chi connectivity index (χ3v) is 2.39. The summed E-state index contributed by atoms with van der Waals surface area (Å²) in [6.45, 7) is 1.78. The topological polar surface area (TPSA) is 51.8 Å². The van der Waals surface area contributed by atoms with E-state index in [9.17, 15) is 0 Å². The van der Waals surface area contributed by atoms with Crippen LogP contribution in [-0.4, -0.2) is 15.1 Å². The summed E-state index contributed by atoms with van der Waals surface area (Å²) in [4.78, 5) is 8.91. The van der Waals surface area contributed by atoms with Gasteiger partial charge in [0.25, 0.3) is 0 Å². The van der Waals surface area contributed by atoms with Crippen molar-refractivity contribution in [2.45, 2.75) is 12.3 Å². The van der Waals surface area contributed by atoms with Gasteiger partial charge in [-0.3, -0.25) is 4.98 Å². The van der Waals surface area contributed by atoms with Crippen molar-refractivity contribution in [3.63, 3.8) is 0 Å². The first-order chi connectivity index (χ1) is 6.27. The fourth-order valence-electron chi connectivity index (χ4n) is 0.823. The van der Waals surface area contributed by atoms with E-state index in [-0.39, 0.29) is 5.38 Å². The number of halogens is 1. The highest BCUT2D eigenvalue weighted by Crippen LogP contribution is 2.23. The number of aromatic nitrogens is 3. The molecule has 0 amide bonds. The molecule has 1 atom stereocenters. The standard InChI is InChI=1S/C7H6ClN3OS/c1-4(8)7-10-6(11-12-7)5-2-9-3-13-5/h2-4H,1H3. The quantitative estimate of drug-likeness (QED) is 0.723. The molecule has 0 aliphatic heterocycles. The molecule has 0 aromatic carbocycles. The van der Waals surface area contributed by atoms with Gasteiger partial charge in [0.05, 0.1) is 10.4 Å². The molecule has 0 N–H and O–H groups in total. The predicted molar refractivity (Wildman–Crippen MR) is 49.7 cm³/mol. The summed E-state index contributed by atoms with van der Waals surface area (Å²) in [6, 6.07) is 0. The zero-order valence-electron chi connectivity index (χ0n) is 6.77. The van der Waals surface area contributed by atoms with E-state index in [0.717, 1.165) is 4.88 Å². The molecule has 0 aliphatic carbocycles. The van der Waals surface area contributed by atoms with Crippen molar-refractivity contribution in [3.8, 4) is 10.7 Å². The minimum Gasteiger partial charge on any atom is -0.337 e. The van der Waals surface area contributed by atoms with Crippen LogP contribution in [0.1, 0.15) is 18.2 Å². The summed E-state index contributed by atoms with van der Waals surface area (Å²) in [6.07, 6.45) is 1.69. The Balaban J connectivity index is 2.33. The van der Waals surface area contributed by atoms with Crippen molar-refractivity contribution in [2.24, 2.45) is 0 Å². The van der Waals surface area contributed by atoms with Crippen LogP contribution in [-0.2, 0) is 0 Å². The predicted octanol–water partition coefficient (Wildman–Crippen LogP) is 2.49. The van der Waals surface area contributed by atoms with E-state index in [2.05, 4.69) is 15.1 Å². The van der Waals surface area contributed by atoms with E-state index >= 15 is 0 Å². The first-order valence-corrected chi connectivity index (χ1v) is 4.95. The number of hydrogen-bond donors (Lipinski definition) is 0. The van der Waals surface area contributed by atoms with Crippen LogP contribution in [0.3, 0.4) is 0 Å². The first-order valence-electron chi connectivity index (χ1n) is 3.64. The van der Waals surface area contributed by atoms with Gasteiger partial charge in [-0.05, 0) is 6.92 Å². The lowest BCUT2D eigenvalue weighted by atomic mass is 10.5. The van der Waals surface area contributed by atoms with Crippen molar-refractivity contribution in [1.29, 1.82) is 0 Å². The summed E-state index contributed by atoms with van der Waals surface area (Å²) in [5.41, 5.74) is 1.72. The van der Waals surface area contributed by atoms with Gasteiger partial charge in [0.15, 0.2) is 0 Å². The Labute approximate surface area is 83.6 Å². The van der Waals surface area contributed by atoms with Gasteiger partial charge < -0.3 is 4.52 Å². The monoisotopic (exact) mass is 215 g/mol. The van der Waals surface area contributed by atoms with E-state index in [1.165, 1.54) is 11.3 Å². The van der Waals surface area contributed by atoms with E-state index in [4.69, 9.17) is 16.1 Å². The summed E-state index contributed by atoms with van der Waals surface area (Å²) in [7, 11) is 0. The van der Waals surface area contributed by atoms with Crippen molar-refractivity contribution < 1.29 is 4.52 Å². The van der Waals surface area contributed by atoms with Gasteiger partial charge in [-0.2, -0.15) is 4.98 Å². The minimum absolute atomic E-state index is 0.255. The zero-order chi connectivity index (χ0) is 9.26. The molecule has 0 saturated carbocycles. The second kappa shape index (κ2) is 3.43. The maximum atomic E-state index is 5.77. The fourth-order valence-corrected chi connectivity index (χ4v) is 1.46. The van der Waals surface area contributed by atoms with Gasteiger partial charge in [0, 0.05) is 6.20 Å². The van der Waals surface area contributed by atoms with E-state index in [1.54, 1.807) is 18.6 Å². The molecule has 4 nitrogen and oxygen atoms in total. The minimum atomic E-state index is -0.255. The smallest absolute Gasteiger partial charge is 0.244 e. The Morgan fingerprint density at radius 2 is 2.46 bits per heavy atom. The summed E-state index contributed by atoms with van der Waals surface area (Å²) in [5.74, 6) is 0.982. The number of nitrogens with zero attached hydrogens (tertiary/aromatic N) is 3. The highest BCUT2D eigenvalue weighted by molar-refractivity contribution is 7.13. The molecule has 0 bridgehead atoms. The lowest BCUT2D eigenvalue weighted by Crippen LogP contribution is -1.82. The van der Waals surface area contributed by atoms with Crippen LogP contribution >= 0.6 is 22.9 Å². The fraction of sp³-hybridized carbons (Fsp3) is 0.286. The lowest BCUT2D eigenvalue weighted by molar-refractivity contribution is 0.379. The number of alkyl halides is 1. The first kappa shape index (κ1) is 8.65. The average molecular weight is 216 g/mol. The van der Waals surface area contributed by atoms with Gasteiger partial charge in [-0.15, -0.1) is 22.9 Å². The van der Waals surface area contributed by atoms with Crippen LogP contribution in [0.2, 0.25) is 0 Å². The summed E-state index contributed by atoms with van der Waals surface area (Å²) >= 11 is 7.23. The molecule has 0 fully saturated rings. The highest BCUT2D eigenvalue weighted by Gasteiger charge is 2.13. The normalized spacial score (nSPS) is 13.1. The molecule has 0 saturated heterocycles. The summed E-state index contributed by atoms with van der Waals surface area (Å²) in [5, 5.41) is 3.52. The van der Waals surface area contributed by atoms with Crippen LogP contribution in [0.15, 0.2) is 16.2 Å². The van der Waals surface area contributed by atoms with Crippen LogP contribution < -0.4 is 0 Å². The molecular weight excluding hydrogens is 210 g/mol. The second-order valence-electron chi connectivity index (χ2n) is 2.44. The SMILES string of the molecule is CC(Cl)c1nc(-c2cncs2)no1. The molecule has 2 aromatic rings. The van der Waals surface area contributed by atoms with Crippen molar-refractivity contribution in [2.75, 3.05) is 0 Å². The molecule has 0 radical (unpaired) electrons. The van der Waals surface area contributed by atoms with Crippen LogP contribution in [0, 0.1) is 0 Å². The molecule has 0 spiro atoms. The zero-order valence-corrected chi connectivity index (χ0v) is 8.34. The molecule has 13 heavy (non-hydrogen) atoms. The molecule has 2 heterocycles. The van der Waals surface area contributed by atoms with Gasteiger partial charge in [0.2, 0.25) is 11.7 Å². The Bertz CT molecular complexity index is 384. The van der Waals surface area contributed by atoms with Crippen molar-refractivity contribution in [1.82, 2.24) is 15.1 Å². The highest BCUT2D eigenvalue weighted by atomic mass is 35.5. The van der Waals surface area contributed by atoms with E-state index < -0.39 is 0 Å². The Morgan fingerprint density at radius 1 is 1.62 bits per heavy atom. The molecule has 6 heteroatoms. The maximum absolute atomic E-state index is 5.77. The van der Waals surface area contributed by atoms with E-state index in [1.807, 2.05) is 0 Å². The van der Waals surface area contributed by atoms with Gasteiger partial charge in [0.1, 0.15) is 5.38 Å². The van der Waals surface area contributed by atoms with Gasteiger partial charge >= 0.3 is 0 Å². The van der Waals surface area contributed by atoms with Crippen LogP contribution in [0.25, 0.3) is 10.7 Å². The van der Waals surface area contributed by atoms with Crippen molar-refractivity contribution >= 4 is 22.9 Å². The van der Waals surface area contributed by atoms with Gasteiger partial charge in [-0.1, -0.05) is 5.16 Å². The third kappa shape index (κ3) is 1.71. The summed E-state index contributed by atoms with van der Waals surface area (Å²) < 4.78 is 4.94. The Morgan fingerprint density at radius 3 is 3.00 bits per heavy atom. The molecular formula is C7H6ClN3OS. The number of rotatable bonds is 2. The van der Waals surface area contributed by atoms with Crippen LogP contribution in [0.4, 0.5) is 0 Å². The molecule has 2 aromatic heterocycles. The second-order valence-corrected chi connectivity index (χ2v) is 3.98. The Kier molecular flexibility index (Phi) is 2.28. The maximum Gasteiger partial charge on any atom is 0.244 e. The molecule has 2 rings (SSSR count). The Hall–Kier alpha value is -0.940. The molecule has 0 aliphatic rings. The third-order valence-electron chi connectivity index (χ3n) is 1.43. The molecule has 1 unspecified atom stereocenters. The lowest BCUT2D eigenvalue weighted by Gasteiger charge is -1.89. The van der Waals surface area contributed by atoms with Crippen LogP contribution in [0.5, 0.6) is 0 Å².